The molecule has 6 heteroatoms. The lowest BCUT2D eigenvalue weighted by Gasteiger charge is -2.27. The first-order valence-corrected chi connectivity index (χ1v) is 7.38. The smallest absolute Gasteiger partial charge is 0.256 e. The van der Waals surface area contributed by atoms with Crippen LogP contribution in [0.5, 0.6) is 5.75 Å². The Balaban J connectivity index is 2.65. The van der Waals surface area contributed by atoms with Gasteiger partial charge in [0.15, 0.2) is 6.61 Å². The molecule has 0 aromatic heterocycles. The summed E-state index contributed by atoms with van der Waals surface area (Å²) in [6.07, 6.45) is 1.44. The average Bonchev–Trinajstić information content (AvgIpc) is 2.51. The van der Waals surface area contributed by atoms with Crippen LogP contribution in [0.1, 0.15) is 33.6 Å². The van der Waals surface area contributed by atoms with Crippen LogP contribution < -0.4 is 15.8 Å². The van der Waals surface area contributed by atoms with Crippen LogP contribution in [0.2, 0.25) is 0 Å². The Hall–Kier alpha value is -2.08. The molecule has 0 aliphatic heterocycles. The van der Waals surface area contributed by atoms with E-state index in [2.05, 4.69) is 5.32 Å². The van der Waals surface area contributed by atoms with E-state index in [-0.39, 0.29) is 12.5 Å². The molecule has 0 saturated carbocycles. The predicted molar refractivity (Wildman–Crippen MR) is 84.7 cm³/mol. The minimum absolute atomic E-state index is 0.176. The van der Waals surface area contributed by atoms with Crippen LogP contribution in [0.15, 0.2) is 24.3 Å². The number of carbonyl (C=O) groups is 2. The third kappa shape index (κ3) is 5.37. The second-order valence-corrected chi connectivity index (χ2v) is 5.17. The normalized spacial score (nSPS) is 13.2. The SMILES string of the molecule is CCCO[C@@](C)(CC)C(=O)Nc1ccc(OCC(N)=O)cc1. The molecule has 2 amide bonds. The lowest BCUT2D eigenvalue weighted by Crippen LogP contribution is -2.42. The molecule has 0 fully saturated rings. The van der Waals surface area contributed by atoms with E-state index in [0.29, 0.717) is 24.5 Å². The number of carbonyl (C=O) groups excluding carboxylic acids is 2. The third-order valence-corrected chi connectivity index (χ3v) is 3.27. The van der Waals surface area contributed by atoms with Crippen molar-refractivity contribution < 1.29 is 19.1 Å². The molecule has 1 rings (SSSR count). The van der Waals surface area contributed by atoms with Crippen molar-refractivity contribution in [3.05, 3.63) is 24.3 Å². The molecule has 0 aliphatic rings. The summed E-state index contributed by atoms with van der Waals surface area (Å²) in [5.41, 5.74) is 4.79. The van der Waals surface area contributed by atoms with Gasteiger partial charge in [-0.2, -0.15) is 0 Å². The van der Waals surface area contributed by atoms with Gasteiger partial charge in [-0.25, -0.2) is 0 Å². The molecule has 0 radical (unpaired) electrons. The monoisotopic (exact) mass is 308 g/mol. The zero-order valence-electron chi connectivity index (χ0n) is 13.3. The third-order valence-electron chi connectivity index (χ3n) is 3.27. The van der Waals surface area contributed by atoms with Crippen molar-refractivity contribution in [1.29, 1.82) is 0 Å². The van der Waals surface area contributed by atoms with E-state index in [9.17, 15) is 9.59 Å². The van der Waals surface area contributed by atoms with Gasteiger partial charge in [-0.1, -0.05) is 13.8 Å². The molecule has 22 heavy (non-hydrogen) atoms. The highest BCUT2D eigenvalue weighted by atomic mass is 16.5. The lowest BCUT2D eigenvalue weighted by atomic mass is 10.0. The van der Waals surface area contributed by atoms with Gasteiger partial charge in [0.1, 0.15) is 11.4 Å². The van der Waals surface area contributed by atoms with Gasteiger partial charge in [0.25, 0.3) is 11.8 Å². The fraction of sp³-hybridized carbons (Fsp3) is 0.500. The lowest BCUT2D eigenvalue weighted by molar-refractivity contribution is -0.139. The van der Waals surface area contributed by atoms with E-state index in [1.165, 1.54) is 0 Å². The average molecular weight is 308 g/mol. The largest absolute Gasteiger partial charge is 0.484 e. The molecule has 0 aliphatic carbocycles. The Bertz CT molecular complexity index is 501. The second kappa shape index (κ2) is 8.38. The topological polar surface area (TPSA) is 90.7 Å². The highest BCUT2D eigenvalue weighted by Gasteiger charge is 2.32. The molecule has 122 valence electrons. The van der Waals surface area contributed by atoms with E-state index >= 15 is 0 Å². The summed E-state index contributed by atoms with van der Waals surface area (Å²) in [4.78, 5) is 23.0. The first kappa shape index (κ1) is 18.0. The molecule has 0 heterocycles. The molecule has 1 aromatic carbocycles. The van der Waals surface area contributed by atoms with Gasteiger partial charge in [-0.3, -0.25) is 9.59 Å². The van der Waals surface area contributed by atoms with E-state index < -0.39 is 11.5 Å². The molecule has 0 spiro atoms. The highest BCUT2D eigenvalue weighted by molar-refractivity contribution is 5.97. The zero-order valence-corrected chi connectivity index (χ0v) is 13.3. The Labute approximate surface area is 131 Å². The predicted octanol–water partition coefficient (Wildman–Crippen LogP) is 2.08. The summed E-state index contributed by atoms with van der Waals surface area (Å²) in [5, 5.41) is 2.82. The number of hydrogen-bond acceptors (Lipinski definition) is 4. The highest BCUT2D eigenvalue weighted by Crippen LogP contribution is 2.21. The summed E-state index contributed by atoms with van der Waals surface area (Å²) in [5.74, 6) is -0.212. The van der Waals surface area contributed by atoms with Crippen molar-refractivity contribution in [3.63, 3.8) is 0 Å². The second-order valence-electron chi connectivity index (χ2n) is 5.17. The summed E-state index contributed by atoms with van der Waals surface area (Å²) in [7, 11) is 0. The van der Waals surface area contributed by atoms with E-state index in [1.807, 2.05) is 13.8 Å². The van der Waals surface area contributed by atoms with E-state index in [0.717, 1.165) is 6.42 Å². The van der Waals surface area contributed by atoms with Gasteiger partial charge in [-0.05, 0) is 44.0 Å². The van der Waals surface area contributed by atoms with Crippen LogP contribution in [0.25, 0.3) is 0 Å². The maximum Gasteiger partial charge on any atom is 0.256 e. The minimum Gasteiger partial charge on any atom is -0.484 e. The van der Waals surface area contributed by atoms with Crippen molar-refractivity contribution in [1.82, 2.24) is 0 Å². The van der Waals surface area contributed by atoms with Crippen molar-refractivity contribution in [3.8, 4) is 5.75 Å². The summed E-state index contributed by atoms with van der Waals surface area (Å²) >= 11 is 0. The number of anilines is 1. The Kier molecular flexibility index (Phi) is 6.85. The molecule has 0 saturated heterocycles. The van der Waals surface area contributed by atoms with Crippen molar-refractivity contribution in [2.75, 3.05) is 18.5 Å². The quantitative estimate of drug-likeness (QED) is 0.731. The van der Waals surface area contributed by atoms with E-state index in [4.69, 9.17) is 15.2 Å². The number of primary amides is 1. The van der Waals surface area contributed by atoms with Crippen molar-refractivity contribution >= 4 is 17.5 Å². The van der Waals surface area contributed by atoms with Crippen LogP contribution in [-0.4, -0.2) is 30.6 Å². The Morgan fingerprint density at radius 3 is 2.36 bits per heavy atom. The van der Waals surface area contributed by atoms with Gasteiger partial charge in [-0.15, -0.1) is 0 Å². The van der Waals surface area contributed by atoms with Gasteiger partial charge in [0.05, 0.1) is 0 Å². The molecular formula is C16H24N2O4. The first-order valence-electron chi connectivity index (χ1n) is 7.38. The maximum atomic E-state index is 12.3. The van der Waals surface area contributed by atoms with Crippen LogP contribution in [0.4, 0.5) is 5.69 Å². The molecule has 0 bridgehead atoms. The fourth-order valence-corrected chi connectivity index (χ4v) is 1.71. The molecule has 6 nitrogen and oxygen atoms in total. The Morgan fingerprint density at radius 1 is 1.23 bits per heavy atom. The van der Waals surface area contributed by atoms with Gasteiger partial charge in [0, 0.05) is 12.3 Å². The Morgan fingerprint density at radius 2 is 1.86 bits per heavy atom. The molecule has 0 unspecified atom stereocenters. The van der Waals surface area contributed by atoms with Gasteiger partial charge >= 0.3 is 0 Å². The van der Waals surface area contributed by atoms with Crippen molar-refractivity contribution in [2.24, 2.45) is 5.73 Å². The van der Waals surface area contributed by atoms with Gasteiger partial charge < -0.3 is 20.5 Å². The summed E-state index contributed by atoms with van der Waals surface area (Å²) in [6.45, 7) is 6.05. The van der Waals surface area contributed by atoms with Crippen LogP contribution in [0.3, 0.4) is 0 Å². The fourth-order valence-electron chi connectivity index (χ4n) is 1.71. The van der Waals surface area contributed by atoms with Crippen LogP contribution in [0, 0.1) is 0 Å². The van der Waals surface area contributed by atoms with Crippen LogP contribution >= 0.6 is 0 Å². The molecule has 1 atom stereocenters. The molecule has 3 N–H and O–H groups in total. The number of nitrogens with two attached hydrogens (primary N) is 1. The summed E-state index contributed by atoms with van der Waals surface area (Å²) < 4.78 is 10.8. The number of hydrogen-bond donors (Lipinski definition) is 2. The minimum atomic E-state index is -0.850. The standard InChI is InChI=1S/C16H24N2O4/c1-4-10-22-16(3,5-2)15(20)18-12-6-8-13(9-7-12)21-11-14(17)19/h6-9H,4-5,10-11H2,1-3H3,(H2,17,19)(H,18,20)/t16-/m0/s1. The van der Waals surface area contributed by atoms with Crippen LogP contribution in [-0.2, 0) is 14.3 Å². The number of nitrogens with one attached hydrogen (secondary N) is 1. The zero-order chi connectivity index (χ0) is 16.6. The first-order chi connectivity index (χ1) is 10.4. The van der Waals surface area contributed by atoms with E-state index in [1.54, 1.807) is 31.2 Å². The number of rotatable bonds is 9. The molecular weight excluding hydrogens is 284 g/mol. The number of amides is 2. The number of benzene rings is 1. The van der Waals surface area contributed by atoms with Crippen molar-refractivity contribution in [2.45, 2.75) is 39.2 Å². The van der Waals surface area contributed by atoms with Gasteiger partial charge in [0.2, 0.25) is 0 Å². The summed E-state index contributed by atoms with van der Waals surface area (Å²) in [6, 6.07) is 6.72. The molecule has 1 aromatic rings. The maximum absolute atomic E-state index is 12.3. The number of ether oxygens (including phenoxy) is 2.